The lowest BCUT2D eigenvalue weighted by molar-refractivity contribution is -0.129. The van der Waals surface area contributed by atoms with Gasteiger partial charge in [0.25, 0.3) is 0 Å². The Hall–Kier alpha value is -2.57. The minimum atomic E-state index is -0.185. The molecular formula is C23H24FN3OS. The summed E-state index contributed by atoms with van der Waals surface area (Å²) in [5.74, 6) is 0.0104. The Morgan fingerprint density at radius 2 is 1.93 bits per heavy atom. The summed E-state index contributed by atoms with van der Waals surface area (Å²) in [5, 5.41) is 6.32. The number of carbonyl (C=O) groups is 1. The zero-order valence-corrected chi connectivity index (χ0v) is 17.0. The van der Waals surface area contributed by atoms with Gasteiger partial charge in [0.2, 0.25) is 5.91 Å². The van der Waals surface area contributed by atoms with Crippen LogP contribution in [0.4, 0.5) is 4.39 Å². The highest BCUT2D eigenvalue weighted by Gasteiger charge is 2.31. The topological polar surface area (TPSA) is 45.2 Å². The maximum absolute atomic E-state index is 13.7. The largest absolute Gasteiger partial charge is 0.333 e. The van der Waals surface area contributed by atoms with Crippen LogP contribution in [-0.4, -0.2) is 28.4 Å². The van der Waals surface area contributed by atoms with Gasteiger partial charge in [0.15, 0.2) is 0 Å². The molecule has 1 aliphatic heterocycles. The number of thiazole rings is 1. The summed E-state index contributed by atoms with van der Waals surface area (Å²) >= 11 is 1.60. The molecule has 0 radical (unpaired) electrons. The summed E-state index contributed by atoms with van der Waals surface area (Å²) in [6, 6.07) is 17.1. The predicted octanol–water partition coefficient (Wildman–Crippen LogP) is 4.62. The van der Waals surface area contributed by atoms with Crippen LogP contribution in [0.3, 0.4) is 0 Å². The molecule has 2 heterocycles. The van der Waals surface area contributed by atoms with Crippen LogP contribution in [0, 0.1) is 5.82 Å². The standard InChI is InChI=1S/C23H24FN3OS/c24-20-9-5-4-8-18(20)14-25-13-12-19-10-11-23(28)27(19)15-22-26-21(16-29-22)17-6-2-1-3-7-17/h1-9,16,19,25H,10-15H2. The molecule has 1 saturated heterocycles. The molecule has 1 unspecified atom stereocenters. The first-order chi connectivity index (χ1) is 14.2. The van der Waals surface area contributed by atoms with E-state index in [0.717, 1.165) is 35.7 Å². The number of benzene rings is 2. The van der Waals surface area contributed by atoms with Gasteiger partial charge in [-0.1, -0.05) is 48.5 Å². The van der Waals surface area contributed by atoms with E-state index in [1.165, 1.54) is 6.07 Å². The molecule has 4 rings (SSSR count). The fourth-order valence-corrected chi connectivity index (χ4v) is 4.52. The Morgan fingerprint density at radius 1 is 1.14 bits per heavy atom. The summed E-state index contributed by atoms with van der Waals surface area (Å²) in [6.07, 6.45) is 2.32. The average Bonchev–Trinajstić information content (AvgIpc) is 3.35. The molecular weight excluding hydrogens is 385 g/mol. The Kier molecular flexibility index (Phi) is 6.32. The monoisotopic (exact) mass is 409 g/mol. The maximum atomic E-state index is 13.7. The van der Waals surface area contributed by atoms with Crippen molar-refractivity contribution >= 4 is 17.2 Å². The molecule has 3 aromatic rings. The first kappa shape index (κ1) is 19.7. The normalized spacial score (nSPS) is 16.5. The molecule has 2 aromatic carbocycles. The van der Waals surface area contributed by atoms with Crippen molar-refractivity contribution in [2.45, 2.75) is 38.4 Å². The van der Waals surface area contributed by atoms with Crippen LogP contribution in [0.1, 0.15) is 29.8 Å². The van der Waals surface area contributed by atoms with E-state index in [2.05, 4.69) is 10.7 Å². The summed E-state index contributed by atoms with van der Waals surface area (Å²) in [4.78, 5) is 19.1. The van der Waals surface area contributed by atoms with Crippen molar-refractivity contribution in [1.82, 2.24) is 15.2 Å². The van der Waals surface area contributed by atoms with Crippen LogP contribution < -0.4 is 5.32 Å². The highest BCUT2D eigenvalue weighted by molar-refractivity contribution is 7.09. The highest BCUT2D eigenvalue weighted by Crippen LogP contribution is 2.27. The van der Waals surface area contributed by atoms with E-state index < -0.39 is 0 Å². The van der Waals surface area contributed by atoms with E-state index in [0.29, 0.717) is 25.1 Å². The summed E-state index contributed by atoms with van der Waals surface area (Å²) in [6.45, 7) is 1.81. The van der Waals surface area contributed by atoms with E-state index in [4.69, 9.17) is 4.98 Å². The second-order valence-corrected chi connectivity index (χ2v) is 8.21. The molecule has 0 spiro atoms. The first-order valence-electron chi connectivity index (χ1n) is 9.94. The molecule has 1 fully saturated rings. The van der Waals surface area contributed by atoms with Gasteiger partial charge < -0.3 is 10.2 Å². The van der Waals surface area contributed by atoms with Crippen molar-refractivity contribution in [1.29, 1.82) is 0 Å². The minimum Gasteiger partial charge on any atom is -0.333 e. The minimum absolute atomic E-state index is 0.185. The van der Waals surface area contributed by atoms with Crippen molar-refractivity contribution in [3.8, 4) is 11.3 Å². The van der Waals surface area contributed by atoms with Gasteiger partial charge in [-0.15, -0.1) is 11.3 Å². The van der Waals surface area contributed by atoms with E-state index in [1.54, 1.807) is 23.5 Å². The van der Waals surface area contributed by atoms with Gasteiger partial charge in [0, 0.05) is 35.5 Å². The van der Waals surface area contributed by atoms with E-state index in [-0.39, 0.29) is 17.8 Å². The first-order valence-corrected chi connectivity index (χ1v) is 10.8. The fraction of sp³-hybridized carbons (Fsp3) is 0.304. The smallest absolute Gasteiger partial charge is 0.223 e. The number of likely N-dealkylation sites (tertiary alicyclic amines) is 1. The second kappa shape index (κ2) is 9.29. The Bertz CT molecular complexity index is 960. The number of hydrogen-bond acceptors (Lipinski definition) is 4. The SMILES string of the molecule is O=C1CCC(CCNCc2ccccc2F)N1Cc1nc(-c2ccccc2)cs1. The van der Waals surface area contributed by atoms with Gasteiger partial charge in [-0.05, 0) is 25.5 Å². The molecule has 1 N–H and O–H groups in total. The third-order valence-corrected chi connectivity index (χ3v) is 6.14. The molecule has 6 heteroatoms. The van der Waals surface area contributed by atoms with Gasteiger partial charge >= 0.3 is 0 Å². The van der Waals surface area contributed by atoms with Crippen LogP contribution in [0.25, 0.3) is 11.3 Å². The van der Waals surface area contributed by atoms with E-state index in [9.17, 15) is 9.18 Å². The quantitative estimate of drug-likeness (QED) is 0.552. The molecule has 0 aliphatic carbocycles. The van der Waals surface area contributed by atoms with Crippen LogP contribution >= 0.6 is 11.3 Å². The van der Waals surface area contributed by atoms with Crippen molar-refractivity contribution in [2.75, 3.05) is 6.54 Å². The summed E-state index contributed by atoms with van der Waals surface area (Å²) in [5.41, 5.74) is 2.72. The fourth-order valence-electron chi connectivity index (χ4n) is 3.71. The lowest BCUT2D eigenvalue weighted by Crippen LogP contribution is -2.34. The molecule has 1 aliphatic rings. The number of nitrogens with one attached hydrogen (secondary N) is 1. The van der Waals surface area contributed by atoms with Crippen LogP contribution in [-0.2, 0) is 17.9 Å². The average molecular weight is 410 g/mol. The molecule has 1 amide bonds. The highest BCUT2D eigenvalue weighted by atomic mass is 32.1. The lowest BCUT2D eigenvalue weighted by Gasteiger charge is -2.24. The molecule has 4 nitrogen and oxygen atoms in total. The van der Waals surface area contributed by atoms with Gasteiger partial charge in [0.05, 0.1) is 12.2 Å². The van der Waals surface area contributed by atoms with Gasteiger partial charge in [-0.25, -0.2) is 9.37 Å². The molecule has 0 bridgehead atoms. The number of nitrogens with zero attached hydrogens (tertiary/aromatic N) is 2. The maximum Gasteiger partial charge on any atom is 0.223 e. The van der Waals surface area contributed by atoms with Crippen LogP contribution in [0.5, 0.6) is 0 Å². The van der Waals surface area contributed by atoms with Crippen LogP contribution in [0.15, 0.2) is 60.0 Å². The number of amides is 1. The van der Waals surface area contributed by atoms with E-state index in [1.807, 2.05) is 41.3 Å². The second-order valence-electron chi connectivity index (χ2n) is 7.26. The Labute approximate surface area is 174 Å². The third-order valence-electron chi connectivity index (χ3n) is 5.31. The van der Waals surface area contributed by atoms with Crippen molar-refractivity contribution in [3.05, 3.63) is 76.4 Å². The molecule has 1 atom stereocenters. The van der Waals surface area contributed by atoms with Gasteiger partial charge in [0.1, 0.15) is 10.8 Å². The predicted molar refractivity (Wildman–Crippen MR) is 114 cm³/mol. The molecule has 0 saturated carbocycles. The Balaban J connectivity index is 1.31. The van der Waals surface area contributed by atoms with Crippen molar-refractivity contribution < 1.29 is 9.18 Å². The summed E-state index contributed by atoms with van der Waals surface area (Å²) in [7, 11) is 0. The lowest BCUT2D eigenvalue weighted by atomic mass is 10.1. The number of halogens is 1. The van der Waals surface area contributed by atoms with Crippen molar-refractivity contribution in [3.63, 3.8) is 0 Å². The number of hydrogen-bond donors (Lipinski definition) is 1. The number of carbonyl (C=O) groups excluding carboxylic acids is 1. The third kappa shape index (κ3) is 4.89. The van der Waals surface area contributed by atoms with Crippen molar-refractivity contribution in [2.24, 2.45) is 0 Å². The summed E-state index contributed by atoms with van der Waals surface area (Å²) < 4.78 is 13.7. The molecule has 1 aromatic heterocycles. The number of aromatic nitrogens is 1. The van der Waals surface area contributed by atoms with E-state index >= 15 is 0 Å². The molecule has 29 heavy (non-hydrogen) atoms. The Morgan fingerprint density at radius 3 is 2.76 bits per heavy atom. The number of rotatable bonds is 8. The van der Waals surface area contributed by atoms with Gasteiger partial charge in [-0.2, -0.15) is 0 Å². The zero-order chi connectivity index (χ0) is 20.1. The van der Waals surface area contributed by atoms with Gasteiger partial charge in [-0.3, -0.25) is 4.79 Å². The zero-order valence-electron chi connectivity index (χ0n) is 16.2. The van der Waals surface area contributed by atoms with Crippen LogP contribution in [0.2, 0.25) is 0 Å². The molecule has 150 valence electrons.